The van der Waals surface area contributed by atoms with E-state index in [-0.39, 0.29) is 49.4 Å². The zero-order chi connectivity index (χ0) is 27.5. The van der Waals surface area contributed by atoms with E-state index in [1.807, 2.05) is 12.1 Å². The highest BCUT2D eigenvalue weighted by Gasteiger charge is 2.42. The number of hydrogen-bond acceptors (Lipinski definition) is 11. The molecule has 0 bridgehead atoms. The van der Waals surface area contributed by atoms with Gasteiger partial charge in [-0.3, -0.25) is 18.1 Å². The van der Waals surface area contributed by atoms with Crippen molar-refractivity contribution in [3.05, 3.63) is 29.3 Å². The van der Waals surface area contributed by atoms with Crippen molar-refractivity contribution in [1.82, 2.24) is 0 Å². The van der Waals surface area contributed by atoms with Crippen molar-refractivity contribution in [1.29, 1.82) is 0 Å². The number of methoxy groups -OCH3 is 2. The first-order valence-electron chi connectivity index (χ1n) is 12.6. The van der Waals surface area contributed by atoms with Crippen LogP contribution in [0.2, 0.25) is 0 Å². The summed E-state index contributed by atoms with van der Waals surface area (Å²) in [5.41, 5.74) is 4.14. The average molecular weight is 572 g/mol. The lowest BCUT2D eigenvalue weighted by Crippen LogP contribution is -2.25. The van der Waals surface area contributed by atoms with E-state index >= 15 is 0 Å². The Labute approximate surface area is 223 Å². The van der Waals surface area contributed by atoms with Crippen molar-refractivity contribution in [2.24, 2.45) is 0 Å². The van der Waals surface area contributed by atoms with Crippen molar-refractivity contribution in [3.8, 4) is 34.1 Å². The first-order valence-corrected chi connectivity index (χ1v) is 15.6. The van der Waals surface area contributed by atoms with Gasteiger partial charge in [0.25, 0.3) is 0 Å². The van der Waals surface area contributed by atoms with Gasteiger partial charge in [-0.05, 0) is 39.7 Å². The smallest absolute Gasteiger partial charge is 0.490 e. The number of nitrogens with zero attached hydrogens (tertiary/aromatic N) is 1. The van der Waals surface area contributed by atoms with Gasteiger partial charge in [-0.1, -0.05) is 18.2 Å². The van der Waals surface area contributed by atoms with E-state index in [9.17, 15) is 9.13 Å². The predicted molar refractivity (Wildman–Crippen MR) is 143 cm³/mol. The summed E-state index contributed by atoms with van der Waals surface area (Å²) in [7, 11) is -5.25. The monoisotopic (exact) mass is 571 g/mol. The van der Waals surface area contributed by atoms with Crippen molar-refractivity contribution >= 4 is 21.3 Å². The maximum atomic E-state index is 13.6. The maximum absolute atomic E-state index is 13.6. The summed E-state index contributed by atoms with van der Waals surface area (Å²) in [5.74, 6) is 0.394. The van der Waals surface area contributed by atoms with Crippen LogP contribution in [0.3, 0.4) is 0 Å². The van der Waals surface area contributed by atoms with Gasteiger partial charge in [0.1, 0.15) is 0 Å². The number of hydrogen-bond donors (Lipinski definition) is 0. The van der Waals surface area contributed by atoms with Crippen LogP contribution in [0.4, 0.5) is 5.69 Å². The number of phosphoric acid groups is 2. The quantitative estimate of drug-likeness (QED) is 0.236. The van der Waals surface area contributed by atoms with E-state index in [1.165, 1.54) is 19.8 Å². The molecule has 0 saturated carbocycles. The zero-order valence-corrected chi connectivity index (χ0v) is 24.4. The van der Waals surface area contributed by atoms with Gasteiger partial charge in [0.2, 0.25) is 11.5 Å². The molecule has 0 aromatic heterocycles. The van der Waals surface area contributed by atoms with Crippen molar-refractivity contribution in [2.75, 3.05) is 52.1 Å². The number of para-hydroxylation sites is 1. The second-order valence-corrected chi connectivity index (χ2v) is 11.5. The molecule has 0 unspecified atom stereocenters. The van der Waals surface area contributed by atoms with Gasteiger partial charge in [0.05, 0.1) is 40.6 Å². The number of phosphoric ester groups is 2. The minimum absolute atomic E-state index is 0.0736. The molecule has 2 aromatic rings. The Bertz CT molecular complexity index is 1250. The Hall–Kier alpha value is -2.26. The third-order valence-corrected chi connectivity index (χ3v) is 9.20. The summed E-state index contributed by atoms with van der Waals surface area (Å²) in [4.78, 5) is 2.20. The van der Waals surface area contributed by atoms with Crippen molar-refractivity contribution < 1.29 is 45.7 Å². The summed E-state index contributed by atoms with van der Waals surface area (Å²) in [6.45, 7) is 8.33. The van der Waals surface area contributed by atoms with Gasteiger partial charge in [0.15, 0.2) is 11.5 Å². The summed E-state index contributed by atoms with van der Waals surface area (Å²) in [6.07, 6.45) is 0.852. The molecule has 2 heterocycles. The largest absolute Gasteiger partial charge is 0.530 e. The Balaban J connectivity index is 2.04. The molecule has 0 fully saturated rings. The predicted octanol–water partition coefficient (Wildman–Crippen LogP) is 6.37. The minimum Gasteiger partial charge on any atom is -0.490 e. The zero-order valence-electron chi connectivity index (χ0n) is 22.6. The fourth-order valence-corrected chi connectivity index (χ4v) is 7.26. The molecule has 4 rings (SSSR count). The van der Waals surface area contributed by atoms with Gasteiger partial charge < -0.3 is 23.4 Å². The van der Waals surface area contributed by atoms with E-state index in [0.29, 0.717) is 17.7 Å². The maximum Gasteiger partial charge on any atom is 0.530 e. The first-order chi connectivity index (χ1) is 18.3. The lowest BCUT2D eigenvalue weighted by Gasteiger charge is -2.34. The first kappa shape index (κ1) is 28.7. The number of ether oxygens (including phenoxy) is 2. The lowest BCUT2D eigenvalue weighted by atomic mass is 9.90. The summed E-state index contributed by atoms with van der Waals surface area (Å²) in [6, 6.07) is 5.96. The minimum atomic E-state index is -4.05. The third kappa shape index (κ3) is 5.28. The number of rotatable bonds is 14. The van der Waals surface area contributed by atoms with Crippen LogP contribution in [-0.2, 0) is 40.2 Å². The third-order valence-electron chi connectivity index (χ3n) is 6.09. The molecule has 0 N–H and O–H groups in total. The van der Waals surface area contributed by atoms with E-state index in [0.717, 1.165) is 24.2 Å². The van der Waals surface area contributed by atoms with Crippen LogP contribution in [0.1, 0.15) is 38.8 Å². The normalized spacial score (nSPS) is 14.2. The van der Waals surface area contributed by atoms with Crippen LogP contribution in [0, 0.1) is 0 Å². The molecule has 2 aromatic carbocycles. The fraction of sp³-hybridized carbons (Fsp3) is 0.520. The molecule has 13 heteroatoms. The Kier molecular flexibility index (Phi) is 8.97. The van der Waals surface area contributed by atoms with Crippen molar-refractivity contribution in [2.45, 2.75) is 40.7 Å². The van der Waals surface area contributed by atoms with Gasteiger partial charge in [-0.25, -0.2) is 9.13 Å². The van der Waals surface area contributed by atoms with Crippen LogP contribution < -0.4 is 23.4 Å². The van der Waals surface area contributed by atoms with Gasteiger partial charge >= 0.3 is 15.6 Å². The second-order valence-electron chi connectivity index (χ2n) is 8.31. The summed E-state index contributed by atoms with van der Waals surface area (Å²) >= 11 is 0. The molecule has 2 aliphatic rings. The van der Waals surface area contributed by atoms with Crippen molar-refractivity contribution in [3.63, 3.8) is 0 Å². The summed E-state index contributed by atoms with van der Waals surface area (Å²) in [5, 5.41) is 0. The van der Waals surface area contributed by atoms with E-state index in [4.69, 9.17) is 36.6 Å². The van der Waals surface area contributed by atoms with Crippen LogP contribution in [0.15, 0.2) is 18.2 Å². The molecular formula is C25H35NO10P2. The summed E-state index contributed by atoms with van der Waals surface area (Å²) < 4.78 is 72.5. The van der Waals surface area contributed by atoms with Gasteiger partial charge in [0, 0.05) is 35.5 Å². The van der Waals surface area contributed by atoms with Crippen LogP contribution in [0.25, 0.3) is 11.1 Å². The molecule has 0 spiro atoms. The van der Waals surface area contributed by atoms with Gasteiger partial charge in [-0.15, -0.1) is 0 Å². The molecule has 0 saturated heterocycles. The van der Waals surface area contributed by atoms with Crippen LogP contribution >= 0.6 is 15.6 Å². The van der Waals surface area contributed by atoms with Crippen LogP contribution in [0.5, 0.6) is 23.0 Å². The molecule has 11 nitrogen and oxygen atoms in total. The van der Waals surface area contributed by atoms with E-state index in [2.05, 4.69) is 11.0 Å². The molecule has 0 atom stereocenters. The fourth-order valence-electron chi connectivity index (χ4n) is 4.82. The lowest BCUT2D eigenvalue weighted by molar-refractivity contribution is 0.161. The van der Waals surface area contributed by atoms with Crippen LogP contribution in [-0.4, -0.2) is 47.2 Å². The Morgan fingerprint density at radius 3 is 1.82 bits per heavy atom. The highest BCUT2D eigenvalue weighted by molar-refractivity contribution is 7.49. The number of anilines is 1. The van der Waals surface area contributed by atoms with Gasteiger partial charge in [-0.2, -0.15) is 0 Å². The Morgan fingerprint density at radius 2 is 1.29 bits per heavy atom. The standard InChI is InChI=1S/C25H35NO10P2/c1-7-31-37(27,32-8-2)35-22-19-16-26-15-14-17-12-11-13-18(21(17)26)20(19)23(25(30-6)24(22)29-5)36-38(28,33-9-3)34-10-4/h11-13H,7-10,14-16H2,1-6H3. The highest BCUT2D eigenvalue weighted by Crippen LogP contribution is 2.64. The molecular weight excluding hydrogens is 536 g/mol. The molecule has 210 valence electrons. The molecule has 0 amide bonds. The van der Waals surface area contributed by atoms with E-state index < -0.39 is 15.6 Å². The van der Waals surface area contributed by atoms with E-state index in [1.54, 1.807) is 27.7 Å². The number of fused-ring (bicyclic) bond motifs is 2. The highest BCUT2D eigenvalue weighted by atomic mass is 31.2. The molecule has 0 radical (unpaired) electrons. The molecule has 2 aliphatic heterocycles. The SMILES string of the molecule is CCOP(=O)(OCC)Oc1c2c(c(OP(=O)(OCC)OCC)c(OC)c1OC)-c1cccc3c1N(CC3)C2. The average Bonchev–Trinajstić information content (AvgIpc) is 3.29. The second kappa shape index (κ2) is 11.9. The Morgan fingerprint density at radius 1 is 0.763 bits per heavy atom. The molecule has 0 aliphatic carbocycles. The molecule has 38 heavy (non-hydrogen) atoms. The number of benzene rings is 2. The topological polar surface area (TPSA) is 111 Å².